The number of thiazole rings is 1. The van der Waals surface area contributed by atoms with E-state index in [2.05, 4.69) is 55.7 Å². The van der Waals surface area contributed by atoms with Gasteiger partial charge < -0.3 is 9.67 Å². The second-order valence-corrected chi connectivity index (χ2v) is 11.8. The molecule has 0 radical (unpaired) electrons. The molecule has 0 unspecified atom stereocenters. The summed E-state index contributed by atoms with van der Waals surface area (Å²) in [6.07, 6.45) is 0. The summed E-state index contributed by atoms with van der Waals surface area (Å²) in [6.45, 7) is 6.53. The van der Waals surface area contributed by atoms with Crippen LogP contribution in [-0.2, 0) is 5.41 Å². The summed E-state index contributed by atoms with van der Waals surface area (Å²) in [5.74, 6) is 0.186. The molecule has 0 aliphatic carbocycles. The first-order valence-corrected chi connectivity index (χ1v) is 13.6. The molecule has 2 aromatic heterocycles. The summed E-state index contributed by atoms with van der Waals surface area (Å²) in [5.41, 5.74) is 5.83. The van der Waals surface area contributed by atoms with Gasteiger partial charge in [-0.2, -0.15) is 0 Å². The fourth-order valence-corrected chi connectivity index (χ4v) is 6.24. The molecular formula is C31H24Cl2N2OS. The van der Waals surface area contributed by atoms with Crippen molar-refractivity contribution >= 4 is 56.3 Å². The first kappa shape index (κ1) is 24.1. The molecule has 6 rings (SSSR count). The fourth-order valence-electron chi connectivity index (χ4n) is 4.82. The highest BCUT2D eigenvalue weighted by molar-refractivity contribution is 7.13. The third-order valence-electron chi connectivity index (χ3n) is 6.73. The fraction of sp³-hybridized carbons (Fsp3) is 0.129. The number of benzene rings is 4. The van der Waals surface area contributed by atoms with Crippen LogP contribution in [0.5, 0.6) is 5.75 Å². The van der Waals surface area contributed by atoms with Crippen LogP contribution in [0, 0.1) is 0 Å². The first-order chi connectivity index (χ1) is 17.7. The number of halogens is 2. The van der Waals surface area contributed by atoms with E-state index >= 15 is 0 Å². The predicted octanol–water partition coefficient (Wildman–Crippen LogP) is 9.88. The Labute approximate surface area is 229 Å². The number of aromatic hydroxyl groups is 1. The Kier molecular flexibility index (Phi) is 5.79. The predicted molar refractivity (Wildman–Crippen MR) is 158 cm³/mol. The number of fused-ring (bicyclic) bond motifs is 3. The van der Waals surface area contributed by atoms with E-state index in [1.165, 1.54) is 11.3 Å². The van der Waals surface area contributed by atoms with Crippen LogP contribution in [0.3, 0.4) is 0 Å². The van der Waals surface area contributed by atoms with Crippen molar-refractivity contribution in [1.82, 2.24) is 9.55 Å². The van der Waals surface area contributed by atoms with Crippen molar-refractivity contribution in [3.63, 3.8) is 0 Å². The minimum Gasteiger partial charge on any atom is -0.505 e. The molecule has 6 aromatic rings. The number of phenolic OH excluding ortho intramolecular Hbond substituents is 1. The van der Waals surface area contributed by atoms with Crippen LogP contribution in [0.1, 0.15) is 26.3 Å². The lowest BCUT2D eigenvalue weighted by Crippen LogP contribution is -2.12. The highest BCUT2D eigenvalue weighted by Crippen LogP contribution is 2.44. The van der Waals surface area contributed by atoms with Crippen LogP contribution in [0.4, 0.5) is 0 Å². The number of hydrogen-bond acceptors (Lipinski definition) is 3. The van der Waals surface area contributed by atoms with E-state index in [4.69, 9.17) is 28.2 Å². The molecule has 0 amide bonds. The van der Waals surface area contributed by atoms with E-state index < -0.39 is 0 Å². The van der Waals surface area contributed by atoms with E-state index in [-0.39, 0.29) is 11.2 Å². The molecule has 0 fully saturated rings. The Morgan fingerprint density at radius 3 is 2.00 bits per heavy atom. The second kappa shape index (κ2) is 8.91. The molecule has 1 N–H and O–H groups in total. The molecule has 184 valence electrons. The number of rotatable bonds is 3. The van der Waals surface area contributed by atoms with E-state index in [9.17, 15) is 5.11 Å². The Morgan fingerprint density at radius 2 is 1.41 bits per heavy atom. The zero-order valence-corrected chi connectivity index (χ0v) is 22.9. The van der Waals surface area contributed by atoms with Crippen LogP contribution in [0.2, 0.25) is 10.0 Å². The highest BCUT2D eigenvalue weighted by atomic mass is 35.5. The zero-order chi connectivity index (χ0) is 25.9. The molecule has 0 saturated carbocycles. The van der Waals surface area contributed by atoms with Gasteiger partial charge in [0.2, 0.25) is 0 Å². The van der Waals surface area contributed by atoms with Gasteiger partial charge in [0, 0.05) is 21.7 Å². The van der Waals surface area contributed by atoms with Gasteiger partial charge in [-0.1, -0.05) is 86.4 Å². The monoisotopic (exact) mass is 542 g/mol. The summed E-state index contributed by atoms with van der Waals surface area (Å²) in [4.78, 5) is 4.88. The van der Waals surface area contributed by atoms with E-state index in [1.54, 1.807) is 12.1 Å². The number of para-hydroxylation sites is 2. The minimum absolute atomic E-state index is 0.151. The van der Waals surface area contributed by atoms with Gasteiger partial charge >= 0.3 is 0 Å². The number of nitrogens with zero attached hydrogens (tertiary/aromatic N) is 2. The van der Waals surface area contributed by atoms with Crippen molar-refractivity contribution in [2.45, 2.75) is 26.2 Å². The topological polar surface area (TPSA) is 38.1 Å². The number of aromatic nitrogens is 2. The summed E-state index contributed by atoms with van der Waals surface area (Å²) in [7, 11) is 0. The molecule has 37 heavy (non-hydrogen) atoms. The van der Waals surface area contributed by atoms with Crippen molar-refractivity contribution in [2.75, 3.05) is 0 Å². The summed E-state index contributed by atoms with van der Waals surface area (Å²) in [6, 6.07) is 26.2. The average molecular weight is 544 g/mol. The van der Waals surface area contributed by atoms with Crippen LogP contribution in [-0.4, -0.2) is 14.7 Å². The molecule has 0 bridgehead atoms. The summed E-state index contributed by atoms with van der Waals surface area (Å²) in [5, 5.41) is 17.8. The van der Waals surface area contributed by atoms with E-state index in [0.29, 0.717) is 31.9 Å². The smallest absolute Gasteiger partial charge is 0.149 e. The van der Waals surface area contributed by atoms with Crippen molar-refractivity contribution in [3.8, 4) is 33.3 Å². The Balaban J connectivity index is 1.63. The van der Waals surface area contributed by atoms with Gasteiger partial charge in [0.15, 0.2) is 0 Å². The molecule has 0 aliphatic rings. The van der Waals surface area contributed by atoms with E-state index in [1.807, 2.05) is 41.8 Å². The van der Waals surface area contributed by atoms with Gasteiger partial charge in [0.05, 0.1) is 38.0 Å². The lowest BCUT2D eigenvalue weighted by atomic mass is 9.85. The average Bonchev–Trinajstić information content (AvgIpc) is 3.47. The van der Waals surface area contributed by atoms with E-state index in [0.717, 1.165) is 33.1 Å². The highest BCUT2D eigenvalue weighted by Gasteiger charge is 2.24. The molecule has 0 spiro atoms. The standard InChI is InChI=1S/C31H24Cl2N2OS/c1-31(2,3)18-15-21(30-34-24(17-37-30)28-22(32)11-8-12-23(28)33)29(36)27(16-18)35-25-13-6-4-9-19(25)20-10-5-7-14-26(20)35/h4-17,36H,1-3H3. The van der Waals surface area contributed by atoms with Gasteiger partial charge in [0.1, 0.15) is 10.8 Å². The second-order valence-electron chi connectivity index (χ2n) is 10.1. The number of hydrogen-bond donors (Lipinski definition) is 1. The Morgan fingerprint density at radius 1 is 0.811 bits per heavy atom. The molecule has 0 aliphatic heterocycles. The molecule has 4 aromatic carbocycles. The SMILES string of the molecule is CC(C)(C)c1cc(-c2nc(-c3c(Cl)cccc3Cl)cs2)c(O)c(-n2c3ccccc3c3ccccc32)c1. The Hall–Kier alpha value is -3.31. The van der Waals surface area contributed by atoms with Crippen molar-refractivity contribution < 1.29 is 5.11 Å². The third-order valence-corrected chi connectivity index (χ3v) is 8.24. The van der Waals surface area contributed by atoms with Crippen LogP contribution >= 0.6 is 34.5 Å². The lowest BCUT2D eigenvalue weighted by Gasteiger charge is -2.23. The molecule has 2 heterocycles. The van der Waals surface area contributed by atoms with Crippen molar-refractivity contribution in [2.24, 2.45) is 0 Å². The maximum Gasteiger partial charge on any atom is 0.149 e. The summed E-state index contributed by atoms with van der Waals surface area (Å²) < 4.78 is 2.15. The normalized spacial score (nSPS) is 12.0. The van der Waals surface area contributed by atoms with Crippen LogP contribution in [0.15, 0.2) is 84.2 Å². The van der Waals surface area contributed by atoms with Crippen molar-refractivity contribution in [3.05, 3.63) is 99.9 Å². The molecule has 0 atom stereocenters. The molecule has 0 saturated heterocycles. The quantitative estimate of drug-likeness (QED) is 0.241. The van der Waals surface area contributed by atoms with Gasteiger partial charge in [0.25, 0.3) is 0 Å². The maximum atomic E-state index is 11.8. The summed E-state index contributed by atoms with van der Waals surface area (Å²) >= 11 is 14.4. The zero-order valence-electron chi connectivity index (χ0n) is 20.6. The van der Waals surface area contributed by atoms with Crippen molar-refractivity contribution in [1.29, 1.82) is 0 Å². The van der Waals surface area contributed by atoms with Crippen LogP contribution in [0.25, 0.3) is 49.3 Å². The van der Waals surface area contributed by atoms with Gasteiger partial charge in [-0.15, -0.1) is 11.3 Å². The third kappa shape index (κ3) is 4.00. The van der Waals surface area contributed by atoms with Gasteiger partial charge in [-0.05, 0) is 47.4 Å². The Bertz CT molecular complexity index is 1740. The largest absolute Gasteiger partial charge is 0.505 e. The maximum absolute atomic E-state index is 11.8. The van der Waals surface area contributed by atoms with Gasteiger partial charge in [-0.3, -0.25) is 0 Å². The van der Waals surface area contributed by atoms with Gasteiger partial charge in [-0.25, -0.2) is 4.98 Å². The molecule has 3 nitrogen and oxygen atoms in total. The number of phenols is 1. The first-order valence-electron chi connectivity index (χ1n) is 12.0. The molecular weight excluding hydrogens is 519 g/mol. The molecule has 6 heteroatoms. The van der Waals surface area contributed by atoms with Crippen LogP contribution < -0.4 is 0 Å². The lowest BCUT2D eigenvalue weighted by molar-refractivity contribution is 0.474. The minimum atomic E-state index is -0.151.